The summed E-state index contributed by atoms with van der Waals surface area (Å²) in [4.78, 5) is 13.2. The van der Waals surface area contributed by atoms with Gasteiger partial charge in [-0.3, -0.25) is 4.79 Å². The van der Waals surface area contributed by atoms with Gasteiger partial charge in [0.15, 0.2) is 0 Å². The quantitative estimate of drug-likeness (QED) is 0.682. The van der Waals surface area contributed by atoms with E-state index in [2.05, 4.69) is 20.4 Å². The Morgan fingerprint density at radius 1 is 1.43 bits per heavy atom. The lowest BCUT2D eigenvalue weighted by molar-refractivity contribution is 0.588. The van der Waals surface area contributed by atoms with Crippen LogP contribution in [0.2, 0.25) is 5.02 Å². The molecule has 0 spiro atoms. The minimum absolute atomic E-state index is 0.224. The van der Waals surface area contributed by atoms with E-state index >= 15 is 0 Å². The molecule has 1 saturated heterocycles. The minimum Gasteiger partial charge on any atom is -0.366 e. The maximum Gasteiger partial charge on any atom is 0.285 e. The lowest BCUT2D eigenvalue weighted by Crippen LogP contribution is -2.44. The third-order valence-electron chi connectivity index (χ3n) is 2.23. The zero-order valence-electron chi connectivity index (χ0n) is 7.59. The van der Waals surface area contributed by atoms with Crippen molar-refractivity contribution in [1.29, 1.82) is 0 Å². The molecule has 0 radical (unpaired) electrons. The maximum absolute atomic E-state index is 11.2. The first kappa shape index (κ1) is 9.48. The van der Waals surface area contributed by atoms with E-state index < -0.39 is 0 Å². The van der Waals surface area contributed by atoms with Crippen LogP contribution in [0.15, 0.2) is 11.0 Å². The molecule has 0 unspecified atom stereocenters. The van der Waals surface area contributed by atoms with Gasteiger partial charge in [-0.1, -0.05) is 11.6 Å². The van der Waals surface area contributed by atoms with Crippen LogP contribution >= 0.6 is 11.6 Å². The minimum atomic E-state index is -0.331. The Hall–Kier alpha value is -1.07. The fourth-order valence-corrected chi connectivity index (χ4v) is 1.71. The van der Waals surface area contributed by atoms with Gasteiger partial charge in [0.2, 0.25) is 0 Å². The van der Waals surface area contributed by atoms with Crippen molar-refractivity contribution in [2.75, 3.05) is 31.1 Å². The molecule has 1 aromatic rings. The van der Waals surface area contributed by atoms with Crippen LogP contribution in [0, 0.1) is 0 Å². The molecule has 0 aromatic carbocycles. The highest BCUT2D eigenvalue weighted by atomic mass is 35.5. The number of anilines is 1. The van der Waals surface area contributed by atoms with Crippen molar-refractivity contribution in [1.82, 2.24) is 15.5 Å². The van der Waals surface area contributed by atoms with Gasteiger partial charge in [-0.25, -0.2) is 5.10 Å². The molecule has 1 aliphatic rings. The molecule has 5 nitrogen and oxygen atoms in total. The second-order valence-electron chi connectivity index (χ2n) is 3.14. The Kier molecular flexibility index (Phi) is 2.69. The number of aromatic amines is 1. The van der Waals surface area contributed by atoms with E-state index in [0.29, 0.717) is 0 Å². The number of piperazine rings is 1. The fraction of sp³-hybridized carbons (Fsp3) is 0.500. The van der Waals surface area contributed by atoms with Crippen LogP contribution < -0.4 is 15.8 Å². The highest BCUT2D eigenvalue weighted by Gasteiger charge is 2.15. The molecule has 2 N–H and O–H groups in total. The third-order valence-corrected chi connectivity index (χ3v) is 2.60. The number of nitrogens with one attached hydrogen (secondary N) is 2. The number of hydrogen-bond acceptors (Lipinski definition) is 4. The summed E-state index contributed by atoms with van der Waals surface area (Å²) in [6, 6.07) is 0. The topological polar surface area (TPSA) is 61.0 Å². The zero-order chi connectivity index (χ0) is 9.97. The maximum atomic E-state index is 11.2. The summed E-state index contributed by atoms with van der Waals surface area (Å²) in [6.45, 7) is 3.52. The van der Waals surface area contributed by atoms with Crippen molar-refractivity contribution in [3.63, 3.8) is 0 Å². The molecule has 2 rings (SSSR count). The fourth-order valence-electron chi connectivity index (χ4n) is 1.50. The average Bonchev–Trinajstić information content (AvgIpc) is 2.23. The van der Waals surface area contributed by atoms with E-state index in [0.717, 1.165) is 31.9 Å². The second-order valence-corrected chi connectivity index (χ2v) is 3.51. The molecule has 0 atom stereocenters. The number of H-pyrrole nitrogens is 1. The summed E-state index contributed by atoms with van der Waals surface area (Å²) in [6.07, 6.45) is 1.59. The number of rotatable bonds is 1. The van der Waals surface area contributed by atoms with Crippen molar-refractivity contribution >= 4 is 17.3 Å². The van der Waals surface area contributed by atoms with E-state index in [4.69, 9.17) is 11.6 Å². The van der Waals surface area contributed by atoms with Crippen LogP contribution in [0.5, 0.6) is 0 Å². The van der Waals surface area contributed by atoms with Gasteiger partial charge in [-0.05, 0) is 0 Å². The van der Waals surface area contributed by atoms with Crippen LogP contribution in [0.4, 0.5) is 5.69 Å². The van der Waals surface area contributed by atoms with E-state index in [1.807, 2.05) is 0 Å². The van der Waals surface area contributed by atoms with E-state index in [1.54, 1.807) is 6.20 Å². The smallest absolute Gasteiger partial charge is 0.285 e. The number of hydrogen-bond donors (Lipinski definition) is 2. The first-order valence-electron chi connectivity index (χ1n) is 4.48. The third kappa shape index (κ3) is 1.73. The van der Waals surface area contributed by atoms with Gasteiger partial charge in [-0.15, -0.1) is 0 Å². The molecule has 0 bridgehead atoms. The Bertz CT molecular complexity index is 372. The number of aromatic nitrogens is 2. The van der Waals surface area contributed by atoms with Gasteiger partial charge in [0.25, 0.3) is 5.56 Å². The van der Waals surface area contributed by atoms with Crippen LogP contribution in [0.3, 0.4) is 0 Å². The average molecular weight is 215 g/mol. The predicted octanol–water partition coefficient (Wildman–Crippen LogP) is -0.167. The molecule has 0 saturated carbocycles. The molecule has 1 aromatic heterocycles. The van der Waals surface area contributed by atoms with Crippen molar-refractivity contribution in [3.05, 3.63) is 21.6 Å². The Morgan fingerprint density at radius 2 is 2.14 bits per heavy atom. The lowest BCUT2D eigenvalue weighted by Gasteiger charge is -2.29. The number of halogens is 1. The van der Waals surface area contributed by atoms with Crippen LogP contribution in [0.1, 0.15) is 0 Å². The normalized spacial score (nSPS) is 17.1. The van der Waals surface area contributed by atoms with Gasteiger partial charge in [-0.2, -0.15) is 5.10 Å². The second kappa shape index (κ2) is 3.98. The summed E-state index contributed by atoms with van der Waals surface area (Å²) >= 11 is 5.88. The van der Waals surface area contributed by atoms with E-state index in [1.165, 1.54) is 0 Å². The van der Waals surface area contributed by atoms with Crippen LogP contribution in [0.25, 0.3) is 0 Å². The SMILES string of the molecule is O=c1[nH]ncc(N2CCNCC2)c1Cl. The molecule has 6 heteroatoms. The van der Waals surface area contributed by atoms with Crippen molar-refractivity contribution in [2.24, 2.45) is 0 Å². The van der Waals surface area contributed by atoms with Crippen molar-refractivity contribution in [2.45, 2.75) is 0 Å². The summed E-state index contributed by atoms with van der Waals surface area (Å²) < 4.78 is 0. The van der Waals surface area contributed by atoms with Crippen molar-refractivity contribution < 1.29 is 0 Å². The largest absolute Gasteiger partial charge is 0.366 e. The highest BCUT2D eigenvalue weighted by molar-refractivity contribution is 6.32. The number of nitrogens with zero attached hydrogens (tertiary/aromatic N) is 2. The van der Waals surface area contributed by atoms with Crippen LogP contribution in [-0.2, 0) is 0 Å². The summed E-state index contributed by atoms with van der Waals surface area (Å²) in [5, 5.41) is 9.49. The van der Waals surface area contributed by atoms with E-state index in [9.17, 15) is 4.79 Å². The van der Waals surface area contributed by atoms with Gasteiger partial charge in [0.1, 0.15) is 5.02 Å². The first-order valence-corrected chi connectivity index (χ1v) is 4.85. The van der Waals surface area contributed by atoms with E-state index in [-0.39, 0.29) is 10.6 Å². The lowest BCUT2D eigenvalue weighted by atomic mass is 10.3. The van der Waals surface area contributed by atoms with Gasteiger partial charge in [0.05, 0.1) is 11.9 Å². The van der Waals surface area contributed by atoms with Crippen molar-refractivity contribution in [3.8, 4) is 0 Å². The molecule has 0 amide bonds. The summed E-state index contributed by atoms with van der Waals surface area (Å²) in [5.41, 5.74) is 0.389. The van der Waals surface area contributed by atoms with Gasteiger partial charge < -0.3 is 10.2 Å². The highest BCUT2D eigenvalue weighted by Crippen LogP contribution is 2.20. The molecule has 76 valence electrons. The monoisotopic (exact) mass is 214 g/mol. The van der Waals surface area contributed by atoms with Gasteiger partial charge >= 0.3 is 0 Å². The molecular weight excluding hydrogens is 204 g/mol. The Labute approximate surface area is 86.1 Å². The summed E-state index contributed by atoms with van der Waals surface area (Å²) in [5.74, 6) is 0. The standard InChI is InChI=1S/C8H11ClN4O/c9-7-6(5-11-12-8(7)14)13-3-1-10-2-4-13/h5,10H,1-4H2,(H,12,14). The Balaban J connectivity index is 2.30. The molecular formula is C8H11ClN4O. The first-order chi connectivity index (χ1) is 6.79. The van der Waals surface area contributed by atoms with Gasteiger partial charge in [0, 0.05) is 26.2 Å². The molecule has 2 heterocycles. The summed E-state index contributed by atoms with van der Waals surface area (Å²) in [7, 11) is 0. The molecule has 1 aliphatic heterocycles. The molecule has 1 fully saturated rings. The molecule has 14 heavy (non-hydrogen) atoms. The zero-order valence-corrected chi connectivity index (χ0v) is 8.34. The predicted molar refractivity (Wildman–Crippen MR) is 55.0 cm³/mol. The molecule has 0 aliphatic carbocycles. The Morgan fingerprint density at radius 3 is 2.86 bits per heavy atom. The van der Waals surface area contributed by atoms with Crippen LogP contribution in [-0.4, -0.2) is 36.4 Å².